The molecule has 3 aromatic rings. The van der Waals surface area contributed by atoms with Crippen LogP contribution in [-0.2, 0) is 0 Å². The first-order valence-electron chi connectivity index (χ1n) is 8.36. The summed E-state index contributed by atoms with van der Waals surface area (Å²) in [5.41, 5.74) is 19.3. The molecule has 0 aliphatic heterocycles. The van der Waals surface area contributed by atoms with Crippen molar-refractivity contribution < 1.29 is 14.6 Å². The topological polar surface area (TPSA) is 163 Å². The predicted octanol–water partition coefficient (Wildman–Crippen LogP) is 1.47. The number of amides is 2. The smallest absolute Gasteiger partial charge is 0.252 e. The lowest BCUT2D eigenvalue weighted by Gasteiger charge is -2.10. The van der Waals surface area contributed by atoms with Crippen molar-refractivity contribution in [3.8, 4) is 0 Å². The molecule has 0 radical (unpaired) electrons. The molecule has 2 aromatic carbocycles. The van der Waals surface area contributed by atoms with Crippen molar-refractivity contribution in [3.05, 3.63) is 65.5 Å². The third-order valence-electron chi connectivity index (χ3n) is 3.98. The van der Waals surface area contributed by atoms with E-state index in [0.717, 1.165) is 5.69 Å². The number of hydrogen-bond donors (Lipinski definition) is 5. The Morgan fingerprint density at radius 3 is 1.79 bits per heavy atom. The number of nitrogen functional groups attached to an aromatic ring is 1. The summed E-state index contributed by atoms with van der Waals surface area (Å²) in [6.45, 7) is 1.79. The number of nitrogens with one attached hydrogen (secondary N) is 3. The Labute approximate surface area is 161 Å². The maximum Gasteiger partial charge on any atom is 0.252 e. The quantitative estimate of drug-likeness (QED) is 0.436. The summed E-state index contributed by atoms with van der Waals surface area (Å²) in [6, 6.07) is 13.3. The fraction of sp³-hybridized carbons (Fsp3) is 0.0526. The summed E-state index contributed by atoms with van der Waals surface area (Å²) in [4.78, 5) is 29.8. The highest BCUT2D eigenvalue weighted by atomic mass is 16.1. The molecule has 9 heteroatoms. The van der Waals surface area contributed by atoms with E-state index in [1.807, 2.05) is 0 Å². The summed E-state index contributed by atoms with van der Waals surface area (Å²) in [6.07, 6.45) is 0. The Kier molecular flexibility index (Phi) is 5.07. The Balaban J connectivity index is 1.85. The summed E-state index contributed by atoms with van der Waals surface area (Å²) in [5, 5.41) is 6.28. The van der Waals surface area contributed by atoms with Crippen LogP contribution in [-0.4, -0.2) is 16.8 Å². The average molecular weight is 378 g/mol. The van der Waals surface area contributed by atoms with Gasteiger partial charge in [-0.15, -0.1) is 0 Å². The molecule has 2 amide bonds. The maximum atomic E-state index is 11.2. The largest absolute Gasteiger partial charge is 0.389 e. The van der Waals surface area contributed by atoms with Crippen LogP contribution in [0, 0.1) is 6.92 Å². The number of carbonyl (C=O) groups excluding carboxylic acids is 2. The SMILES string of the molecule is Cc1nc(Nc2ccc(C(N)=O)cc2)c(N)c(Nc2ccc(C(N)=O)cc2)[nH+]1. The zero-order valence-electron chi connectivity index (χ0n) is 15.1. The maximum absolute atomic E-state index is 11.2. The molecule has 9 N–H and O–H groups in total. The molecule has 0 aliphatic rings. The van der Waals surface area contributed by atoms with E-state index in [9.17, 15) is 9.59 Å². The molecule has 3 rings (SSSR count). The molecule has 1 heterocycles. The van der Waals surface area contributed by atoms with E-state index >= 15 is 0 Å². The summed E-state index contributed by atoms with van der Waals surface area (Å²) >= 11 is 0. The average Bonchev–Trinajstić information content (AvgIpc) is 2.66. The highest BCUT2D eigenvalue weighted by Gasteiger charge is 2.17. The molecule has 28 heavy (non-hydrogen) atoms. The van der Waals surface area contributed by atoms with E-state index in [4.69, 9.17) is 17.2 Å². The van der Waals surface area contributed by atoms with Crippen molar-refractivity contribution in [1.29, 1.82) is 0 Å². The number of aromatic nitrogens is 2. The van der Waals surface area contributed by atoms with E-state index in [2.05, 4.69) is 20.6 Å². The van der Waals surface area contributed by atoms with Gasteiger partial charge in [0.05, 0.1) is 5.69 Å². The van der Waals surface area contributed by atoms with E-state index in [1.165, 1.54) is 0 Å². The van der Waals surface area contributed by atoms with E-state index < -0.39 is 11.8 Å². The van der Waals surface area contributed by atoms with Crippen LogP contribution in [0.1, 0.15) is 26.5 Å². The number of benzene rings is 2. The molecular weight excluding hydrogens is 358 g/mol. The molecule has 0 unspecified atom stereocenters. The highest BCUT2D eigenvalue weighted by Crippen LogP contribution is 2.27. The number of nitrogens with zero attached hydrogens (tertiary/aromatic N) is 1. The van der Waals surface area contributed by atoms with Gasteiger partial charge in [-0.25, -0.2) is 4.98 Å². The van der Waals surface area contributed by atoms with Gasteiger partial charge in [-0.05, 0) is 48.5 Å². The molecule has 0 spiro atoms. The Hall–Kier alpha value is -4.14. The molecular formula is C19H20N7O2+. The summed E-state index contributed by atoms with van der Waals surface area (Å²) in [5.74, 6) is 0.617. The molecule has 0 fully saturated rings. The van der Waals surface area contributed by atoms with Crippen LogP contribution in [0.25, 0.3) is 0 Å². The molecule has 0 saturated carbocycles. The number of H-pyrrole nitrogens is 1. The molecule has 142 valence electrons. The molecule has 0 aliphatic carbocycles. The third kappa shape index (κ3) is 4.15. The lowest BCUT2D eigenvalue weighted by atomic mass is 10.2. The number of primary amides is 2. The number of aromatic amines is 1. The zero-order valence-corrected chi connectivity index (χ0v) is 15.1. The van der Waals surface area contributed by atoms with Gasteiger partial charge >= 0.3 is 0 Å². The minimum atomic E-state index is -0.497. The van der Waals surface area contributed by atoms with E-state index in [1.54, 1.807) is 55.5 Å². The Morgan fingerprint density at radius 1 is 0.857 bits per heavy atom. The molecule has 0 bridgehead atoms. The van der Waals surface area contributed by atoms with E-state index in [-0.39, 0.29) is 0 Å². The van der Waals surface area contributed by atoms with Crippen LogP contribution in [0.4, 0.5) is 28.7 Å². The first-order chi connectivity index (χ1) is 13.3. The molecule has 1 aromatic heterocycles. The van der Waals surface area contributed by atoms with Crippen LogP contribution in [0.3, 0.4) is 0 Å². The summed E-state index contributed by atoms with van der Waals surface area (Å²) in [7, 11) is 0. The number of anilines is 5. The normalized spacial score (nSPS) is 10.3. The van der Waals surface area contributed by atoms with Gasteiger partial charge in [0, 0.05) is 23.7 Å². The van der Waals surface area contributed by atoms with Gasteiger partial charge in [0.1, 0.15) is 0 Å². The second-order valence-corrected chi connectivity index (χ2v) is 6.09. The summed E-state index contributed by atoms with van der Waals surface area (Å²) < 4.78 is 0. The van der Waals surface area contributed by atoms with Crippen molar-refractivity contribution in [2.75, 3.05) is 16.4 Å². The second-order valence-electron chi connectivity index (χ2n) is 6.09. The van der Waals surface area contributed by atoms with Crippen molar-refractivity contribution in [3.63, 3.8) is 0 Å². The minimum absolute atomic E-state index is 0.364. The van der Waals surface area contributed by atoms with Crippen LogP contribution >= 0.6 is 0 Å². The van der Waals surface area contributed by atoms with Crippen molar-refractivity contribution in [2.45, 2.75) is 6.92 Å². The van der Waals surface area contributed by atoms with Crippen LogP contribution < -0.4 is 32.8 Å². The van der Waals surface area contributed by atoms with Crippen LogP contribution in [0.2, 0.25) is 0 Å². The number of rotatable bonds is 6. The Morgan fingerprint density at radius 2 is 1.32 bits per heavy atom. The fourth-order valence-corrected chi connectivity index (χ4v) is 2.53. The molecule has 9 nitrogen and oxygen atoms in total. The molecule has 0 atom stereocenters. The van der Waals surface area contributed by atoms with Gasteiger partial charge in [-0.1, -0.05) is 4.98 Å². The fourth-order valence-electron chi connectivity index (χ4n) is 2.53. The van der Waals surface area contributed by atoms with Gasteiger partial charge in [0.25, 0.3) is 5.82 Å². The number of carbonyl (C=O) groups is 2. The standard InChI is InChI=1S/C19H19N7O2/c1-10-23-18(25-13-6-2-11(3-7-13)16(21)27)15(20)19(24-10)26-14-8-4-12(5-9-14)17(22)28/h2-9H,20H2,1H3,(H2,21,27)(H2,22,28)(H2,23,24,25,26)/p+1. The number of hydrogen-bond acceptors (Lipinski definition) is 6. The van der Waals surface area contributed by atoms with E-state index in [0.29, 0.717) is 40.0 Å². The predicted molar refractivity (Wildman–Crippen MR) is 106 cm³/mol. The lowest BCUT2D eigenvalue weighted by molar-refractivity contribution is -0.374. The van der Waals surface area contributed by atoms with Crippen molar-refractivity contribution >= 4 is 40.5 Å². The van der Waals surface area contributed by atoms with Crippen LogP contribution in [0.5, 0.6) is 0 Å². The van der Waals surface area contributed by atoms with Crippen molar-refractivity contribution in [1.82, 2.24) is 4.98 Å². The zero-order chi connectivity index (χ0) is 20.3. The number of aryl methyl sites for hydroxylation is 1. The second kappa shape index (κ2) is 7.62. The first kappa shape index (κ1) is 18.6. The van der Waals surface area contributed by atoms with Gasteiger partial charge in [-0.3, -0.25) is 14.9 Å². The third-order valence-corrected chi connectivity index (χ3v) is 3.98. The van der Waals surface area contributed by atoms with Gasteiger partial charge < -0.3 is 22.5 Å². The van der Waals surface area contributed by atoms with Crippen molar-refractivity contribution in [2.24, 2.45) is 11.5 Å². The van der Waals surface area contributed by atoms with Gasteiger partial charge in [0.15, 0.2) is 5.69 Å². The van der Waals surface area contributed by atoms with Gasteiger partial charge in [-0.2, -0.15) is 0 Å². The first-order valence-corrected chi connectivity index (χ1v) is 8.36. The lowest BCUT2D eigenvalue weighted by Crippen LogP contribution is -2.20. The van der Waals surface area contributed by atoms with Gasteiger partial charge in [0.2, 0.25) is 23.5 Å². The monoisotopic (exact) mass is 378 g/mol. The number of nitrogens with two attached hydrogens (primary N) is 3. The van der Waals surface area contributed by atoms with Crippen LogP contribution in [0.15, 0.2) is 48.5 Å². The minimum Gasteiger partial charge on any atom is -0.389 e. The Bertz CT molecular complexity index is 951. The highest BCUT2D eigenvalue weighted by molar-refractivity contribution is 5.94. The molecule has 0 saturated heterocycles.